The van der Waals surface area contributed by atoms with Crippen LogP contribution in [0.25, 0.3) is 11.1 Å². The summed E-state index contributed by atoms with van der Waals surface area (Å²) in [7, 11) is 0. The summed E-state index contributed by atoms with van der Waals surface area (Å²) in [5.41, 5.74) is 8.33. The van der Waals surface area contributed by atoms with E-state index in [9.17, 15) is 9.59 Å². The maximum Gasteiger partial charge on any atom is 0.231 e. The number of aryl methyl sites for hydroxylation is 1. The topological polar surface area (TPSA) is 110 Å². The molecule has 24 heavy (non-hydrogen) atoms. The number of carbonyl (C=O) groups excluding carboxylic acids is 2. The molecule has 0 saturated carbocycles. The van der Waals surface area contributed by atoms with E-state index in [0.29, 0.717) is 34.2 Å². The Balaban J connectivity index is 2.68. The van der Waals surface area contributed by atoms with Crippen LogP contribution >= 0.6 is 11.6 Å². The standard InChI is InChI=1S/C16H18ClN5O2/c1-4-13-14(10-5-6-11(17)12(18)7-10)15(19-8(2)23)22-16(21-13)20-9(3)24/h5-7H,4,18H2,1-3H3,(H2,19,20,21,22,23,24). The first-order valence-electron chi connectivity index (χ1n) is 7.33. The van der Waals surface area contributed by atoms with Crippen molar-refractivity contribution in [1.29, 1.82) is 0 Å². The Bertz CT molecular complexity index is 807. The van der Waals surface area contributed by atoms with Gasteiger partial charge in [-0.25, -0.2) is 4.98 Å². The minimum Gasteiger partial charge on any atom is -0.398 e. The molecule has 1 aromatic carbocycles. The SMILES string of the molecule is CCc1nc(NC(C)=O)nc(NC(C)=O)c1-c1ccc(Cl)c(N)c1. The third kappa shape index (κ3) is 3.99. The molecule has 7 nitrogen and oxygen atoms in total. The molecule has 2 rings (SSSR count). The number of amides is 2. The van der Waals surface area contributed by atoms with E-state index in [1.807, 2.05) is 6.92 Å². The van der Waals surface area contributed by atoms with E-state index in [4.69, 9.17) is 17.3 Å². The zero-order valence-electron chi connectivity index (χ0n) is 13.6. The summed E-state index contributed by atoms with van der Waals surface area (Å²) in [6.45, 7) is 4.66. The monoisotopic (exact) mass is 347 g/mol. The van der Waals surface area contributed by atoms with Crippen LogP contribution in [-0.4, -0.2) is 21.8 Å². The molecule has 2 aromatic rings. The van der Waals surface area contributed by atoms with Gasteiger partial charge in [-0.15, -0.1) is 0 Å². The van der Waals surface area contributed by atoms with Crippen LogP contribution in [0, 0.1) is 0 Å². The lowest BCUT2D eigenvalue weighted by Crippen LogP contribution is -2.15. The van der Waals surface area contributed by atoms with Crippen LogP contribution in [0.15, 0.2) is 18.2 Å². The van der Waals surface area contributed by atoms with Gasteiger partial charge in [0.05, 0.1) is 16.4 Å². The lowest BCUT2D eigenvalue weighted by Gasteiger charge is -2.15. The Labute approximate surface area is 144 Å². The number of nitrogens with zero attached hydrogens (tertiary/aromatic N) is 2. The van der Waals surface area contributed by atoms with Gasteiger partial charge in [0.15, 0.2) is 0 Å². The predicted octanol–water partition coefficient (Wildman–Crippen LogP) is 2.86. The third-order valence-corrected chi connectivity index (χ3v) is 3.53. The largest absolute Gasteiger partial charge is 0.398 e. The molecule has 0 unspecified atom stereocenters. The highest BCUT2D eigenvalue weighted by Crippen LogP contribution is 2.34. The van der Waals surface area contributed by atoms with Crippen molar-refractivity contribution in [2.24, 2.45) is 0 Å². The number of halogens is 1. The molecule has 0 spiro atoms. The molecule has 0 aliphatic heterocycles. The van der Waals surface area contributed by atoms with Gasteiger partial charge in [-0.3, -0.25) is 14.9 Å². The average molecular weight is 348 g/mol. The van der Waals surface area contributed by atoms with Gasteiger partial charge in [-0.1, -0.05) is 24.6 Å². The van der Waals surface area contributed by atoms with E-state index in [1.54, 1.807) is 18.2 Å². The Morgan fingerprint density at radius 2 is 1.83 bits per heavy atom. The Hall–Kier alpha value is -2.67. The lowest BCUT2D eigenvalue weighted by atomic mass is 10.0. The first-order valence-corrected chi connectivity index (χ1v) is 7.71. The lowest BCUT2D eigenvalue weighted by molar-refractivity contribution is -0.115. The fourth-order valence-corrected chi connectivity index (χ4v) is 2.35. The third-order valence-electron chi connectivity index (χ3n) is 3.19. The minimum atomic E-state index is -0.297. The maximum atomic E-state index is 11.5. The number of carbonyl (C=O) groups is 2. The number of nitrogens with one attached hydrogen (secondary N) is 2. The van der Waals surface area contributed by atoms with E-state index >= 15 is 0 Å². The summed E-state index contributed by atoms with van der Waals surface area (Å²) in [6.07, 6.45) is 0.569. The summed E-state index contributed by atoms with van der Waals surface area (Å²) < 4.78 is 0. The van der Waals surface area contributed by atoms with Crippen LogP contribution in [0.5, 0.6) is 0 Å². The van der Waals surface area contributed by atoms with Crippen molar-refractivity contribution in [2.45, 2.75) is 27.2 Å². The number of hydrogen-bond donors (Lipinski definition) is 3. The highest BCUT2D eigenvalue weighted by molar-refractivity contribution is 6.33. The summed E-state index contributed by atoms with van der Waals surface area (Å²) in [5.74, 6) is -0.143. The van der Waals surface area contributed by atoms with Crippen molar-refractivity contribution >= 4 is 40.9 Å². The van der Waals surface area contributed by atoms with Crippen molar-refractivity contribution in [1.82, 2.24) is 9.97 Å². The highest BCUT2D eigenvalue weighted by atomic mass is 35.5. The fraction of sp³-hybridized carbons (Fsp3) is 0.250. The molecular formula is C16H18ClN5O2. The molecule has 8 heteroatoms. The molecule has 0 saturated heterocycles. The molecule has 1 heterocycles. The van der Waals surface area contributed by atoms with Gasteiger partial charge < -0.3 is 11.1 Å². The van der Waals surface area contributed by atoms with Crippen molar-refractivity contribution in [3.8, 4) is 11.1 Å². The predicted molar refractivity (Wildman–Crippen MR) is 94.9 cm³/mol. The second-order valence-electron chi connectivity index (χ2n) is 5.17. The number of nitrogen functional groups attached to an aromatic ring is 1. The molecule has 126 valence electrons. The normalized spacial score (nSPS) is 10.3. The fourth-order valence-electron chi connectivity index (χ4n) is 2.24. The van der Waals surface area contributed by atoms with E-state index in [2.05, 4.69) is 20.6 Å². The number of benzene rings is 1. The average Bonchev–Trinajstić information content (AvgIpc) is 2.48. The van der Waals surface area contributed by atoms with Gasteiger partial charge in [0.25, 0.3) is 0 Å². The molecule has 1 aromatic heterocycles. The van der Waals surface area contributed by atoms with Crippen molar-refractivity contribution in [3.63, 3.8) is 0 Å². The quantitative estimate of drug-likeness (QED) is 0.736. The second kappa shape index (κ2) is 7.27. The van der Waals surface area contributed by atoms with Crippen molar-refractivity contribution in [2.75, 3.05) is 16.4 Å². The zero-order chi connectivity index (χ0) is 17.9. The summed E-state index contributed by atoms with van der Waals surface area (Å²) in [6, 6.07) is 5.15. The van der Waals surface area contributed by atoms with Crippen LogP contribution in [0.4, 0.5) is 17.5 Å². The maximum absolute atomic E-state index is 11.5. The highest BCUT2D eigenvalue weighted by Gasteiger charge is 2.17. The van der Waals surface area contributed by atoms with Crippen LogP contribution in [-0.2, 0) is 16.0 Å². The van der Waals surface area contributed by atoms with E-state index in [0.717, 1.165) is 5.56 Å². The second-order valence-corrected chi connectivity index (χ2v) is 5.58. The molecule has 2 amide bonds. The van der Waals surface area contributed by atoms with Crippen LogP contribution in [0.2, 0.25) is 5.02 Å². The number of rotatable bonds is 4. The van der Waals surface area contributed by atoms with Crippen molar-refractivity contribution in [3.05, 3.63) is 28.9 Å². The molecule has 0 atom stereocenters. The van der Waals surface area contributed by atoms with Gasteiger partial charge >= 0.3 is 0 Å². The van der Waals surface area contributed by atoms with Crippen LogP contribution in [0.3, 0.4) is 0 Å². The van der Waals surface area contributed by atoms with Crippen molar-refractivity contribution < 1.29 is 9.59 Å². The van der Waals surface area contributed by atoms with Crippen LogP contribution < -0.4 is 16.4 Å². The summed E-state index contributed by atoms with van der Waals surface area (Å²) in [5, 5.41) is 5.65. The molecular weight excluding hydrogens is 330 g/mol. The number of nitrogens with two attached hydrogens (primary N) is 1. The van der Waals surface area contributed by atoms with Gasteiger partial charge in [0.2, 0.25) is 17.8 Å². The first kappa shape index (κ1) is 17.7. The zero-order valence-corrected chi connectivity index (χ0v) is 14.4. The van der Waals surface area contributed by atoms with Crippen LogP contribution in [0.1, 0.15) is 26.5 Å². The summed E-state index contributed by atoms with van der Waals surface area (Å²) >= 11 is 5.97. The molecule has 0 fully saturated rings. The molecule has 0 radical (unpaired) electrons. The number of aromatic nitrogens is 2. The smallest absolute Gasteiger partial charge is 0.231 e. The Kier molecular flexibility index (Phi) is 5.35. The van der Waals surface area contributed by atoms with E-state index in [1.165, 1.54) is 13.8 Å². The molecule has 0 bridgehead atoms. The number of anilines is 3. The van der Waals surface area contributed by atoms with E-state index < -0.39 is 0 Å². The molecule has 0 aliphatic carbocycles. The summed E-state index contributed by atoms with van der Waals surface area (Å²) in [4.78, 5) is 31.4. The molecule has 0 aliphatic rings. The first-order chi connectivity index (χ1) is 11.3. The van der Waals surface area contributed by atoms with Gasteiger partial charge in [0, 0.05) is 19.4 Å². The Morgan fingerprint density at radius 3 is 2.38 bits per heavy atom. The van der Waals surface area contributed by atoms with Gasteiger partial charge in [0.1, 0.15) is 5.82 Å². The Morgan fingerprint density at radius 1 is 1.17 bits per heavy atom. The molecule has 4 N–H and O–H groups in total. The van der Waals surface area contributed by atoms with E-state index in [-0.39, 0.29) is 17.8 Å². The van der Waals surface area contributed by atoms with Gasteiger partial charge in [-0.2, -0.15) is 4.98 Å². The minimum absolute atomic E-state index is 0.133. The van der Waals surface area contributed by atoms with Gasteiger partial charge in [-0.05, 0) is 24.1 Å². The number of hydrogen-bond acceptors (Lipinski definition) is 5.